The van der Waals surface area contributed by atoms with Crippen molar-refractivity contribution in [3.63, 3.8) is 0 Å². The van der Waals surface area contributed by atoms with Gasteiger partial charge in [-0.25, -0.2) is 9.37 Å². The van der Waals surface area contributed by atoms with Crippen LogP contribution in [-0.4, -0.2) is 22.4 Å². The molecular weight excluding hydrogens is 297 g/mol. The standard InChI is InChI=1S/C17H18FN3O2/c18-14-6-2-1-4-12(14)5-3-9-19-15-10-20-16-8-7-13(11-22)21(16)17(15)23/h1-2,4,6,10-11,13,19H,3,5,7-9H2. The summed E-state index contributed by atoms with van der Waals surface area (Å²) in [5, 5.41) is 3.04. The first-order valence-corrected chi connectivity index (χ1v) is 7.73. The van der Waals surface area contributed by atoms with Crippen LogP contribution in [0.1, 0.15) is 30.3 Å². The van der Waals surface area contributed by atoms with Crippen LogP contribution in [0.4, 0.5) is 10.1 Å². The maximum atomic E-state index is 13.5. The minimum Gasteiger partial charge on any atom is -0.379 e. The van der Waals surface area contributed by atoms with Crippen LogP contribution < -0.4 is 10.9 Å². The summed E-state index contributed by atoms with van der Waals surface area (Å²) in [6.45, 7) is 0.538. The van der Waals surface area contributed by atoms with Gasteiger partial charge in [-0.2, -0.15) is 0 Å². The molecule has 1 unspecified atom stereocenters. The molecule has 0 amide bonds. The van der Waals surface area contributed by atoms with Crippen molar-refractivity contribution >= 4 is 12.0 Å². The van der Waals surface area contributed by atoms with Crippen molar-refractivity contribution in [2.45, 2.75) is 31.7 Å². The van der Waals surface area contributed by atoms with Crippen molar-refractivity contribution in [1.29, 1.82) is 0 Å². The molecule has 0 aliphatic carbocycles. The molecule has 2 heterocycles. The number of nitrogens with one attached hydrogen (secondary N) is 1. The number of hydrogen-bond acceptors (Lipinski definition) is 4. The number of nitrogens with zero attached hydrogens (tertiary/aromatic N) is 2. The highest BCUT2D eigenvalue weighted by atomic mass is 19.1. The molecule has 0 radical (unpaired) electrons. The fraction of sp³-hybridized carbons (Fsp3) is 0.353. The van der Waals surface area contributed by atoms with Crippen molar-refractivity contribution in [2.75, 3.05) is 11.9 Å². The van der Waals surface area contributed by atoms with E-state index in [9.17, 15) is 14.0 Å². The van der Waals surface area contributed by atoms with Crippen molar-refractivity contribution < 1.29 is 9.18 Å². The Kier molecular flexibility index (Phi) is 4.50. The first-order valence-electron chi connectivity index (χ1n) is 7.73. The molecular formula is C17H18FN3O2. The van der Waals surface area contributed by atoms with Crippen molar-refractivity contribution in [3.8, 4) is 0 Å². The van der Waals surface area contributed by atoms with E-state index in [0.29, 0.717) is 49.3 Å². The quantitative estimate of drug-likeness (QED) is 0.655. The molecule has 1 atom stereocenters. The number of anilines is 1. The molecule has 23 heavy (non-hydrogen) atoms. The van der Waals surface area contributed by atoms with Crippen LogP contribution in [0, 0.1) is 5.82 Å². The van der Waals surface area contributed by atoms with Crippen molar-refractivity contribution in [1.82, 2.24) is 9.55 Å². The van der Waals surface area contributed by atoms with Crippen LogP contribution in [0.25, 0.3) is 0 Å². The van der Waals surface area contributed by atoms with E-state index in [-0.39, 0.29) is 11.4 Å². The number of hydrogen-bond donors (Lipinski definition) is 1. The minimum atomic E-state index is -0.412. The second kappa shape index (κ2) is 6.73. The highest BCUT2D eigenvalue weighted by Gasteiger charge is 2.24. The summed E-state index contributed by atoms with van der Waals surface area (Å²) in [5.74, 6) is 0.449. The molecule has 0 saturated heterocycles. The van der Waals surface area contributed by atoms with Crippen LogP contribution in [0.3, 0.4) is 0 Å². The van der Waals surface area contributed by atoms with Gasteiger partial charge in [0.2, 0.25) is 0 Å². The van der Waals surface area contributed by atoms with Gasteiger partial charge in [-0.15, -0.1) is 0 Å². The van der Waals surface area contributed by atoms with Crippen LogP contribution in [-0.2, 0) is 17.6 Å². The van der Waals surface area contributed by atoms with Gasteiger partial charge in [0, 0.05) is 13.0 Å². The lowest BCUT2D eigenvalue weighted by Crippen LogP contribution is -2.27. The molecule has 5 nitrogen and oxygen atoms in total. The topological polar surface area (TPSA) is 64.0 Å². The first-order chi connectivity index (χ1) is 11.2. The molecule has 1 aliphatic rings. The molecule has 1 N–H and O–H groups in total. The SMILES string of the molecule is O=CC1CCc2ncc(NCCCc3ccccc3F)c(=O)n21. The summed E-state index contributed by atoms with van der Waals surface area (Å²) in [4.78, 5) is 27.7. The number of aryl methyl sites for hydroxylation is 2. The molecule has 120 valence electrons. The smallest absolute Gasteiger partial charge is 0.277 e. The number of halogens is 1. The maximum Gasteiger partial charge on any atom is 0.277 e. The average molecular weight is 315 g/mol. The van der Waals surface area contributed by atoms with Gasteiger partial charge in [-0.05, 0) is 30.9 Å². The lowest BCUT2D eigenvalue weighted by atomic mass is 10.1. The summed E-state index contributed by atoms with van der Waals surface area (Å²) in [6, 6.07) is 6.26. The predicted octanol–water partition coefficient (Wildman–Crippen LogP) is 2.11. The molecule has 3 rings (SSSR count). The van der Waals surface area contributed by atoms with E-state index in [1.165, 1.54) is 16.8 Å². The Hall–Kier alpha value is -2.50. The monoisotopic (exact) mass is 315 g/mol. The van der Waals surface area contributed by atoms with Crippen LogP contribution in [0.5, 0.6) is 0 Å². The van der Waals surface area contributed by atoms with Gasteiger partial charge in [0.1, 0.15) is 23.6 Å². The van der Waals surface area contributed by atoms with Crippen LogP contribution >= 0.6 is 0 Å². The predicted molar refractivity (Wildman–Crippen MR) is 85.1 cm³/mol. The summed E-state index contributed by atoms with van der Waals surface area (Å²) in [7, 11) is 0. The fourth-order valence-electron chi connectivity index (χ4n) is 2.89. The molecule has 1 aromatic heterocycles. The number of carbonyl (C=O) groups is 1. The number of aromatic nitrogens is 2. The van der Waals surface area contributed by atoms with Gasteiger partial charge in [-0.1, -0.05) is 18.2 Å². The molecule has 0 fully saturated rings. The Bertz CT molecular complexity index is 773. The normalized spacial score (nSPS) is 16.1. The van der Waals surface area contributed by atoms with Crippen LogP contribution in [0.15, 0.2) is 35.3 Å². The van der Waals surface area contributed by atoms with Gasteiger partial charge in [0.05, 0.1) is 12.2 Å². The van der Waals surface area contributed by atoms with E-state index < -0.39 is 6.04 Å². The van der Waals surface area contributed by atoms with Gasteiger partial charge in [-0.3, -0.25) is 9.36 Å². The van der Waals surface area contributed by atoms with Gasteiger partial charge < -0.3 is 10.1 Å². The van der Waals surface area contributed by atoms with E-state index in [4.69, 9.17) is 0 Å². The molecule has 6 heteroatoms. The van der Waals surface area contributed by atoms with Gasteiger partial charge in [0.25, 0.3) is 5.56 Å². The Balaban J connectivity index is 1.62. The molecule has 0 spiro atoms. The summed E-state index contributed by atoms with van der Waals surface area (Å²) in [5.41, 5.74) is 0.839. The van der Waals surface area contributed by atoms with Crippen molar-refractivity contribution in [2.24, 2.45) is 0 Å². The number of fused-ring (bicyclic) bond motifs is 1. The van der Waals surface area contributed by atoms with Crippen LogP contribution in [0.2, 0.25) is 0 Å². The number of carbonyl (C=O) groups excluding carboxylic acids is 1. The molecule has 1 aromatic carbocycles. The summed E-state index contributed by atoms with van der Waals surface area (Å²) in [6.07, 6.45) is 4.87. The molecule has 1 aliphatic heterocycles. The Morgan fingerprint density at radius 3 is 3.00 bits per heavy atom. The van der Waals surface area contributed by atoms with E-state index in [1.54, 1.807) is 12.1 Å². The second-order valence-corrected chi connectivity index (χ2v) is 5.63. The lowest BCUT2D eigenvalue weighted by molar-refractivity contribution is -0.110. The van der Waals surface area contributed by atoms with Gasteiger partial charge in [0.15, 0.2) is 0 Å². The lowest BCUT2D eigenvalue weighted by Gasteiger charge is -2.11. The van der Waals surface area contributed by atoms with Crippen molar-refractivity contribution in [3.05, 3.63) is 58.0 Å². The first kappa shape index (κ1) is 15.4. The molecule has 2 aromatic rings. The largest absolute Gasteiger partial charge is 0.379 e. The highest BCUT2D eigenvalue weighted by molar-refractivity contribution is 5.57. The third-order valence-electron chi connectivity index (χ3n) is 4.12. The van der Waals surface area contributed by atoms with E-state index >= 15 is 0 Å². The fourth-order valence-corrected chi connectivity index (χ4v) is 2.89. The second-order valence-electron chi connectivity index (χ2n) is 5.63. The Labute approximate surface area is 133 Å². The Morgan fingerprint density at radius 2 is 2.22 bits per heavy atom. The third kappa shape index (κ3) is 3.16. The zero-order chi connectivity index (χ0) is 16.2. The maximum absolute atomic E-state index is 13.5. The third-order valence-corrected chi connectivity index (χ3v) is 4.12. The summed E-state index contributed by atoms with van der Waals surface area (Å²) < 4.78 is 15.0. The minimum absolute atomic E-state index is 0.208. The van der Waals surface area contributed by atoms with E-state index in [0.717, 1.165) is 6.29 Å². The average Bonchev–Trinajstić information content (AvgIpc) is 2.99. The zero-order valence-corrected chi connectivity index (χ0v) is 12.7. The number of aldehydes is 1. The molecule has 0 bridgehead atoms. The number of rotatable bonds is 6. The molecule has 0 saturated carbocycles. The van der Waals surface area contributed by atoms with E-state index in [1.807, 2.05) is 6.07 Å². The van der Waals surface area contributed by atoms with Gasteiger partial charge >= 0.3 is 0 Å². The zero-order valence-electron chi connectivity index (χ0n) is 12.7. The Morgan fingerprint density at radius 1 is 1.39 bits per heavy atom. The van der Waals surface area contributed by atoms with E-state index in [2.05, 4.69) is 10.3 Å². The number of benzene rings is 1. The summed E-state index contributed by atoms with van der Waals surface area (Å²) >= 11 is 0. The highest BCUT2D eigenvalue weighted by Crippen LogP contribution is 2.20.